The third-order valence-corrected chi connectivity index (χ3v) is 4.59. The van der Waals surface area contributed by atoms with Crippen molar-refractivity contribution in [2.75, 3.05) is 20.8 Å². The highest BCUT2D eigenvalue weighted by molar-refractivity contribution is 5.92. The van der Waals surface area contributed by atoms with Gasteiger partial charge in [-0.05, 0) is 25.2 Å². The fourth-order valence-electron chi connectivity index (χ4n) is 2.74. The van der Waals surface area contributed by atoms with E-state index in [9.17, 15) is 19.5 Å². The monoisotopic (exact) mass is 399 g/mol. The van der Waals surface area contributed by atoms with Crippen molar-refractivity contribution in [3.63, 3.8) is 0 Å². The minimum Gasteiger partial charge on any atom is -0.478 e. The number of nitrogens with two attached hydrogens (primary N) is 1. The van der Waals surface area contributed by atoms with E-state index in [1.54, 1.807) is 13.1 Å². The number of hydrogen-bond donors (Lipinski definition) is 3. The number of methoxy groups -OCH3 is 1. The highest BCUT2D eigenvalue weighted by atomic mass is 16.5. The molecular weight excluding hydrogens is 362 g/mol. The molecule has 4 N–H and O–H groups in total. The van der Waals surface area contributed by atoms with Crippen LogP contribution in [-0.4, -0.2) is 66.2 Å². The molecule has 0 saturated heterocycles. The second-order valence-electron chi connectivity index (χ2n) is 8.96. The molecular formula is C20H37N3O5. The molecule has 0 aliphatic heterocycles. The zero-order valence-electron chi connectivity index (χ0n) is 18.6. The van der Waals surface area contributed by atoms with Crippen molar-refractivity contribution in [3.8, 4) is 0 Å². The first-order chi connectivity index (χ1) is 12.6. The van der Waals surface area contributed by atoms with Gasteiger partial charge < -0.3 is 25.8 Å². The summed E-state index contributed by atoms with van der Waals surface area (Å²) in [7, 11) is 3.06. The Labute approximate surface area is 168 Å². The molecule has 8 nitrogen and oxygen atoms in total. The van der Waals surface area contributed by atoms with Crippen LogP contribution in [0.15, 0.2) is 11.6 Å². The van der Waals surface area contributed by atoms with Crippen LogP contribution in [0.4, 0.5) is 0 Å². The molecule has 162 valence electrons. The molecule has 0 fully saturated rings. The number of carbonyl (C=O) groups excluding carboxylic acids is 2. The summed E-state index contributed by atoms with van der Waals surface area (Å²) < 4.78 is 4.99. The Bertz CT molecular complexity index is 605. The quantitative estimate of drug-likeness (QED) is 0.504. The number of ether oxygens (including phenoxy) is 1. The number of nitrogens with one attached hydrogen (secondary N) is 1. The normalized spacial score (nSPS) is 16.9. The Kier molecular flexibility index (Phi) is 9.33. The number of rotatable bonds is 9. The van der Waals surface area contributed by atoms with Gasteiger partial charge in [0.1, 0.15) is 11.6 Å². The van der Waals surface area contributed by atoms with Gasteiger partial charge in [-0.15, -0.1) is 0 Å². The fraction of sp³-hybridized carbons (Fsp3) is 0.750. The second kappa shape index (κ2) is 10.0. The molecule has 2 amide bonds. The highest BCUT2D eigenvalue weighted by Crippen LogP contribution is 2.24. The van der Waals surface area contributed by atoms with Crippen molar-refractivity contribution >= 4 is 17.8 Å². The van der Waals surface area contributed by atoms with Crippen LogP contribution >= 0.6 is 0 Å². The van der Waals surface area contributed by atoms with E-state index in [0.29, 0.717) is 0 Å². The summed E-state index contributed by atoms with van der Waals surface area (Å²) in [5, 5.41) is 11.9. The van der Waals surface area contributed by atoms with Crippen LogP contribution in [0, 0.1) is 11.3 Å². The van der Waals surface area contributed by atoms with Gasteiger partial charge in [-0.2, -0.15) is 0 Å². The lowest BCUT2D eigenvalue weighted by atomic mass is 9.84. The topological polar surface area (TPSA) is 122 Å². The largest absolute Gasteiger partial charge is 0.478 e. The fourth-order valence-corrected chi connectivity index (χ4v) is 2.74. The smallest absolute Gasteiger partial charge is 0.331 e. The first-order valence-corrected chi connectivity index (χ1v) is 9.33. The molecule has 0 aromatic carbocycles. The van der Waals surface area contributed by atoms with Crippen molar-refractivity contribution in [1.29, 1.82) is 0 Å². The summed E-state index contributed by atoms with van der Waals surface area (Å²) in [6.45, 7) is 12.4. The molecule has 0 spiro atoms. The average molecular weight is 400 g/mol. The van der Waals surface area contributed by atoms with E-state index in [1.807, 2.05) is 34.6 Å². The summed E-state index contributed by atoms with van der Waals surface area (Å²) in [4.78, 5) is 38.6. The first kappa shape index (κ1) is 26.1. The van der Waals surface area contributed by atoms with Gasteiger partial charge in [0.05, 0.1) is 12.6 Å². The highest BCUT2D eigenvalue weighted by Gasteiger charge is 2.40. The first-order valence-electron chi connectivity index (χ1n) is 9.33. The summed E-state index contributed by atoms with van der Waals surface area (Å²) in [6.07, 6.45) is 1.56. The molecule has 0 aromatic heterocycles. The van der Waals surface area contributed by atoms with E-state index in [4.69, 9.17) is 10.5 Å². The summed E-state index contributed by atoms with van der Waals surface area (Å²) >= 11 is 0. The van der Waals surface area contributed by atoms with Gasteiger partial charge in [-0.1, -0.05) is 40.7 Å². The van der Waals surface area contributed by atoms with Gasteiger partial charge in [0, 0.05) is 19.7 Å². The standard InChI is InChI=1S/C20H37N3O5/c1-12(2)14(10-13(3)17(25)26)23(8)16(24)15(19(4,5)6)22-18(27)20(7,21)11-28-9/h10,12,14-15H,11,21H2,1-9H3,(H,22,27)(H,25,26)/t14-,15-,20?/m1/s1. The lowest BCUT2D eigenvalue weighted by Crippen LogP contribution is -2.62. The maximum atomic E-state index is 13.3. The van der Waals surface area contributed by atoms with Crippen LogP contribution in [0.5, 0.6) is 0 Å². The van der Waals surface area contributed by atoms with Crippen LogP contribution in [0.2, 0.25) is 0 Å². The Morgan fingerprint density at radius 2 is 1.71 bits per heavy atom. The van der Waals surface area contributed by atoms with Crippen LogP contribution in [0.3, 0.4) is 0 Å². The molecule has 0 aliphatic carbocycles. The number of aliphatic carboxylic acids is 1. The SMILES string of the molecule is COCC(C)(N)C(=O)N[C@H](C(=O)N(C)[C@H](C=C(C)C(=O)O)C(C)C)C(C)(C)C. The predicted octanol–water partition coefficient (Wildman–Crippen LogP) is 1.40. The van der Waals surface area contributed by atoms with Crippen molar-refractivity contribution in [3.05, 3.63) is 11.6 Å². The molecule has 0 bridgehead atoms. The van der Waals surface area contributed by atoms with E-state index < -0.39 is 34.9 Å². The third-order valence-electron chi connectivity index (χ3n) is 4.59. The molecule has 8 heteroatoms. The van der Waals surface area contributed by atoms with Crippen LogP contribution < -0.4 is 11.1 Å². The van der Waals surface area contributed by atoms with Gasteiger partial charge in [0.15, 0.2) is 0 Å². The molecule has 0 saturated carbocycles. The maximum Gasteiger partial charge on any atom is 0.331 e. The molecule has 0 aromatic rings. The predicted molar refractivity (Wildman–Crippen MR) is 109 cm³/mol. The number of carboxylic acid groups (broad SMARTS) is 1. The summed E-state index contributed by atoms with van der Waals surface area (Å²) in [5.41, 5.74) is 4.30. The van der Waals surface area contributed by atoms with Crippen molar-refractivity contribution in [2.24, 2.45) is 17.1 Å². The van der Waals surface area contributed by atoms with Crippen molar-refractivity contribution in [2.45, 2.75) is 66.1 Å². The lowest BCUT2D eigenvalue weighted by Gasteiger charge is -2.38. The Hall–Kier alpha value is -1.93. The zero-order chi connectivity index (χ0) is 22.4. The minimum atomic E-state index is -1.28. The number of hydrogen-bond acceptors (Lipinski definition) is 5. The molecule has 0 heterocycles. The van der Waals surface area contributed by atoms with Gasteiger partial charge in [-0.3, -0.25) is 9.59 Å². The lowest BCUT2D eigenvalue weighted by molar-refractivity contribution is -0.141. The Balaban J connectivity index is 5.81. The zero-order valence-corrected chi connectivity index (χ0v) is 18.6. The van der Waals surface area contributed by atoms with Gasteiger partial charge in [0.2, 0.25) is 11.8 Å². The van der Waals surface area contributed by atoms with E-state index in [0.717, 1.165) is 0 Å². The Morgan fingerprint density at radius 3 is 2.07 bits per heavy atom. The van der Waals surface area contributed by atoms with Crippen LogP contribution in [-0.2, 0) is 19.1 Å². The number of carbonyl (C=O) groups is 3. The maximum absolute atomic E-state index is 13.3. The van der Waals surface area contributed by atoms with Gasteiger partial charge in [0.25, 0.3) is 0 Å². The van der Waals surface area contributed by atoms with E-state index in [2.05, 4.69) is 5.32 Å². The number of likely N-dealkylation sites (N-methyl/N-ethyl adjacent to an activating group) is 1. The summed E-state index contributed by atoms with van der Waals surface area (Å²) in [5.74, 6) is -1.87. The molecule has 3 atom stereocenters. The molecule has 0 radical (unpaired) electrons. The number of carboxylic acids is 1. The third kappa shape index (κ3) is 7.24. The van der Waals surface area contributed by atoms with E-state index in [-0.39, 0.29) is 24.0 Å². The second-order valence-corrected chi connectivity index (χ2v) is 8.96. The average Bonchev–Trinajstić information content (AvgIpc) is 2.54. The van der Waals surface area contributed by atoms with Crippen molar-refractivity contribution < 1.29 is 24.2 Å². The number of nitrogens with zero attached hydrogens (tertiary/aromatic N) is 1. The van der Waals surface area contributed by atoms with Crippen LogP contribution in [0.1, 0.15) is 48.5 Å². The van der Waals surface area contributed by atoms with Crippen LogP contribution in [0.25, 0.3) is 0 Å². The van der Waals surface area contributed by atoms with Crippen molar-refractivity contribution in [1.82, 2.24) is 10.2 Å². The molecule has 1 unspecified atom stereocenters. The van der Waals surface area contributed by atoms with E-state index >= 15 is 0 Å². The number of amides is 2. The molecule has 0 rings (SSSR count). The van der Waals surface area contributed by atoms with E-state index in [1.165, 1.54) is 25.9 Å². The van der Waals surface area contributed by atoms with Gasteiger partial charge >= 0.3 is 5.97 Å². The minimum absolute atomic E-state index is 0.00882. The summed E-state index contributed by atoms with van der Waals surface area (Å²) in [6, 6.07) is -1.28. The van der Waals surface area contributed by atoms with Gasteiger partial charge in [-0.25, -0.2) is 4.79 Å². The Morgan fingerprint density at radius 1 is 1.21 bits per heavy atom. The molecule has 28 heavy (non-hydrogen) atoms. The molecule has 0 aliphatic rings.